The molecule has 1 aromatic rings. The van der Waals surface area contributed by atoms with Gasteiger partial charge in [0.25, 0.3) is 5.69 Å². The van der Waals surface area contributed by atoms with Gasteiger partial charge in [0.05, 0.1) is 16.1 Å². The fourth-order valence-electron chi connectivity index (χ4n) is 2.07. The zero-order chi connectivity index (χ0) is 15.5. The number of nitrogens with two attached hydrogens (primary N) is 1. The van der Waals surface area contributed by atoms with E-state index in [-0.39, 0.29) is 11.6 Å². The number of nitrogens with one attached hydrogen (secondary N) is 1. The van der Waals surface area contributed by atoms with Crippen LogP contribution in [-0.2, 0) is 4.79 Å². The molecule has 0 aliphatic carbocycles. The maximum atomic E-state index is 12.1. The van der Waals surface area contributed by atoms with Crippen LogP contribution in [0.4, 0.5) is 11.4 Å². The van der Waals surface area contributed by atoms with Crippen molar-refractivity contribution >= 4 is 17.3 Å². The molecule has 6 nitrogen and oxygen atoms in total. The highest BCUT2D eigenvalue weighted by Crippen LogP contribution is 2.27. The molecule has 0 aliphatic rings. The van der Waals surface area contributed by atoms with Crippen molar-refractivity contribution in [2.45, 2.75) is 46.1 Å². The van der Waals surface area contributed by atoms with Gasteiger partial charge in [0.15, 0.2) is 0 Å². The predicted octanol–water partition coefficient (Wildman–Crippen LogP) is 2.67. The summed E-state index contributed by atoms with van der Waals surface area (Å²) in [5.74, 6) is -0.333. The molecule has 110 valence electrons. The maximum absolute atomic E-state index is 12.1. The van der Waals surface area contributed by atoms with E-state index in [1.54, 1.807) is 26.8 Å². The van der Waals surface area contributed by atoms with Gasteiger partial charge in [0, 0.05) is 11.6 Å². The minimum absolute atomic E-state index is 0.0138. The van der Waals surface area contributed by atoms with E-state index in [0.717, 1.165) is 12.0 Å². The first kappa shape index (κ1) is 16.1. The van der Waals surface area contributed by atoms with Gasteiger partial charge in [-0.2, -0.15) is 0 Å². The number of carbonyl (C=O) groups is 1. The van der Waals surface area contributed by atoms with Gasteiger partial charge in [-0.15, -0.1) is 0 Å². The van der Waals surface area contributed by atoms with E-state index in [0.29, 0.717) is 17.7 Å². The second-order valence-electron chi connectivity index (χ2n) is 5.33. The molecule has 0 aromatic heterocycles. The molecular weight excluding hydrogens is 258 g/mol. The molecule has 3 N–H and O–H groups in total. The highest BCUT2D eigenvalue weighted by molar-refractivity contribution is 5.98. The van der Waals surface area contributed by atoms with Crippen molar-refractivity contribution in [2.24, 2.45) is 5.73 Å². The monoisotopic (exact) mass is 279 g/mol. The minimum atomic E-state index is -0.985. The summed E-state index contributed by atoms with van der Waals surface area (Å²) in [5, 5.41) is 13.6. The lowest BCUT2D eigenvalue weighted by atomic mass is 9.96. The second-order valence-corrected chi connectivity index (χ2v) is 5.33. The van der Waals surface area contributed by atoms with Gasteiger partial charge in [0.2, 0.25) is 5.91 Å². The zero-order valence-electron chi connectivity index (χ0n) is 12.3. The number of amides is 1. The van der Waals surface area contributed by atoms with Crippen molar-refractivity contribution in [3.05, 3.63) is 33.4 Å². The second kappa shape index (κ2) is 6.00. The molecule has 0 bridgehead atoms. The van der Waals surface area contributed by atoms with Crippen LogP contribution in [0.15, 0.2) is 12.1 Å². The lowest BCUT2D eigenvalue weighted by Crippen LogP contribution is -2.48. The van der Waals surface area contributed by atoms with Crippen LogP contribution in [0.5, 0.6) is 0 Å². The number of hydrogen-bond acceptors (Lipinski definition) is 4. The molecular formula is C14H21N3O3. The number of anilines is 1. The summed E-state index contributed by atoms with van der Waals surface area (Å²) in [4.78, 5) is 22.6. The Balaban J connectivity index is 3.07. The number of aryl methyl sites for hydroxylation is 2. The quantitative estimate of drug-likeness (QED) is 0.639. The molecule has 6 heteroatoms. The highest BCUT2D eigenvalue weighted by atomic mass is 16.6. The van der Waals surface area contributed by atoms with Crippen molar-refractivity contribution in [1.82, 2.24) is 0 Å². The Morgan fingerprint density at radius 2 is 2.00 bits per heavy atom. The zero-order valence-corrected chi connectivity index (χ0v) is 12.3. The highest BCUT2D eigenvalue weighted by Gasteiger charge is 2.28. The number of rotatable bonds is 5. The van der Waals surface area contributed by atoms with Gasteiger partial charge >= 0.3 is 0 Å². The number of nitro benzene ring substituents is 1. The molecule has 0 saturated carbocycles. The normalized spacial score (nSPS) is 13.7. The summed E-state index contributed by atoms with van der Waals surface area (Å²) in [5.41, 5.74) is 6.72. The Kier molecular flexibility index (Phi) is 4.83. The van der Waals surface area contributed by atoms with Gasteiger partial charge < -0.3 is 11.1 Å². The van der Waals surface area contributed by atoms with E-state index in [1.165, 1.54) is 6.07 Å². The van der Waals surface area contributed by atoms with Gasteiger partial charge in [-0.05, 0) is 38.8 Å². The lowest BCUT2D eigenvalue weighted by molar-refractivity contribution is -0.385. The largest absolute Gasteiger partial charge is 0.324 e. The van der Waals surface area contributed by atoms with Crippen molar-refractivity contribution in [3.8, 4) is 0 Å². The van der Waals surface area contributed by atoms with Crippen LogP contribution >= 0.6 is 0 Å². The van der Waals surface area contributed by atoms with Crippen molar-refractivity contribution < 1.29 is 9.72 Å². The molecule has 1 rings (SSSR count). The summed E-state index contributed by atoms with van der Waals surface area (Å²) >= 11 is 0. The van der Waals surface area contributed by atoms with Crippen LogP contribution in [0.25, 0.3) is 0 Å². The Morgan fingerprint density at radius 3 is 2.50 bits per heavy atom. The number of benzene rings is 1. The van der Waals surface area contributed by atoms with Crippen molar-refractivity contribution in [2.75, 3.05) is 5.32 Å². The molecule has 0 radical (unpaired) electrons. The number of nitrogens with zero attached hydrogens (tertiary/aromatic N) is 1. The van der Waals surface area contributed by atoms with Gasteiger partial charge in [0.1, 0.15) is 0 Å². The Hall–Kier alpha value is -1.95. The van der Waals surface area contributed by atoms with E-state index in [9.17, 15) is 14.9 Å². The van der Waals surface area contributed by atoms with Crippen LogP contribution in [0, 0.1) is 24.0 Å². The standard InChI is InChI=1S/C14H21N3O3/c1-5-6-14(4,15)13(18)16-11-8-12(17(19)20)10(3)7-9(11)2/h7-8H,5-6,15H2,1-4H3,(H,16,18). The molecule has 0 aliphatic heterocycles. The molecule has 20 heavy (non-hydrogen) atoms. The van der Waals surface area contributed by atoms with E-state index in [1.807, 2.05) is 6.92 Å². The smallest absolute Gasteiger partial charge is 0.274 e. The molecule has 0 saturated heterocycles. The van der Waals surface area contributed by atoms with Gasteiger partial charge in [-0.25, -0.2) is 0 Å². The van der Waals surface area contributed by atoms with Gasteiger partial charge in [-0.3, -0.25) is 14.9 Å². The first-order valence-corrected chi connectivity index (χ1v) is 6.55. The molecule has 1 amide bonds. The van der Waals surface area contributed by atoms with Crippen molar-refractivity contribution in [3.63, 3.8) is 0 Å². The van der Waals surface area contributed by atoms with E-state index in [2.05, 4.69) is 5.32 Å². The molecule has 0 heterocycles. The topological polar surface area (TPSA) is 98.3 Å². The van der Waals surface area contributed by atoms with E-state index >= 15 is 0 Å². The molecule has 1 aromatic carbocycles. The Labute approximate surface area is 118 Å². The predicted molar refractivity (Wildman–Crippen MR) is 78.7 cm³/mol. The Bertz CT molecular complexity index is 539. The van der Waals surface area contributed by atoms with Crippen LogP contribution in [0.1, 0.15) is 37.8 Å². The lowest BCUT2D eigenvalue weighted by Gasteiger charge is -2.23. The fourth-order valence-corrected chi connectivity index (χ4v) is 2.07. The molecule has 1 unspecified atom stereocenters. The average Bonchev–Trinajstić information content (AvgIpc) is 2.31. The van der Waals surface area contributed by atoms with Crippen molar-refractivity contribution in [1.29, 1.82) is 0 Å². The van der Waals surface area contributed by atoms with Crippen LogP contribution in [-0.4, -0.2) is 16.4 Å². The van der Waals surface area contributed by atoms with Crippen LogP contribution in [0.3, 0.4) is 0 Å². The number of hydrogen-bond donors (Lipinski definition) is 2. The Morgan fingerprint density at radius 1 is 1.40 bits per heavy atom. The first-order valence-electron chi connectivity index (χ1n) is 6.55. The van der Waals surface area contributed by atoms with Crippen LogP contribution in [0.2, 0.25) is 0 Å². The van der Waals surface area contributed by atoms with Crippen LogP contribution < -0.4 is 11.1 Å². The average molecular weight is 279 g/mol. The third-order valence-electron chi connectivity index (χ3n) is 3.28. The summed E-state index contributed by atoms with van der Waals surface area (Å²) in [6.45, 7) is 7.06. The van der Waals surface area contributed by atoms with E-state index < -0.39 is 10.5 Å². The summed E-state index contributed by atoms with van der Waals surface area (Å²) < 4.78 is 0. The minimum Gasteiger partial charge on any atom is -0.324 e. The SMILES string of the molecule is CCCC(C)(N)C(=O)Nc1cc([N+](=O)[O-])c(C)cc1C. The number of carbonyl (C=O) groups excluding carboxylic acids is 1. The molecule has 0 spiro atoms. The first-order chi connectivity index (χ1) is 9.19. The summed E-state index contributed by atoms with van der Waals surface area (Å²) in [6, 6.07) is 3.06. The molecule has 0 fully saturated rings. The third kappa shape index (κ3) is 3.54. The summed E-state index contributed by atoms with van der Waals surface area (Å²) in [7, 11) is 0. The third-order valence-corrected chi connectivity index (χ3v) is 3.28. The number of nitro groups is 1. The fraction of sp³-hybridized carbons (Fsp3) is 0.500. The summed E-state index contributed by atoms with van der Waals surface area (Å²) in [6.07, 6.45) is 1.33. The van der Waals surface area contributed by atoms with Gasteiger partial charge in [-0.1, -0.05) is 13.3 Å². The van der Waals surface area contributed by atoms with E-state index in [4.69, 9.17) is 5.73 Å². The maximum Gasteiger partial charge on any atom is 0.274 e. The molecule has 1 atom stereocenters.